The van der Waals surface area contributed by atoms with Gasteiger partial charge in [0.15, 0.2) is 0 Å². The minimum Gasteiger partial charge on any atom is -0.462 e. The number of rotatable bonds is 6. The smallest absolute Gasteiger partial charge is 0.305 e. The van der Waals surface area contributed by atoms with Crippen molar-refractivity contribution in [1.29, 1.82) is 0 Å². The first-order valence-electron chi connectivity index (χ1n) is 4.52. The van der Waals surface area contributed by atoms with Crippen molar-refractivity contribution >= 4 is 11.9 Å². The van der Waals surface area contributed by atoms with E-state index in [1.807, 2.05) is 6.92 Å². The molecule has 0 saturated heterocycles. The fourth-order valence-electron chi connectivity index (χ4n) is 0.689. The number of esters is 2. The average Bonchev–Trinajstić information content (AvgIpc) is 2.12. The van der Waals surface area contributed by atoms with Gasteiger partial charge in [0.1, 0.15) is 13.2 Å². The summed E-state index contributed by atoms with van der Waals surface area (Å²) in [6.45, 7) is 3.93. The van der Waals surface area contributed by atoms with E-state index in [1.54, 1.807) is 6.92 Å². The first kappa shape index (κ1) is 11.9. The predicted molar refractivity (Wildman–Crippen MR) is 47.1 cm³/mol. The van der Waals surface area contributed by atoms with Crippen LogP contribution in [0.3, 0.4) is 0 Å². The average molecular weight is 188 g/mol. The van der Waals surface area contributed by atoms with Crippen molar-refractivity contribution in [3.63, 3.8) is 0 Å². The van der Waals surface area contributed by atoms with Gasteiger partial charge in [-0.2, -0.15) is 0 Å². The van der Waals surface area contributed by atoms with E-state index in [0.717, 1.165) is 6.42 Å². The van der Waals surface area contributed by atoms with Gasteiger partial charge >= 0.3 is 11.9 Å². The number of carbonyl (C=O) groups excluding carboxylic acids is 2. The van der Waals surface area contributed by atoms with E-state index in [2.05, 4.69) is 0 Å². The molecule has 0 aliphatic heterocycles. The maximum Gasteiger partial charge on any atom is 0.305 e. The summed E-state index contributed by atoms with van der Waals surface area (Å²) in [4.78, 5) is 21.4. The van der Waals surface area contributed by atoms with Gasteiger partial charge in [0.2, 0.25) is 0 Å². The van der Waals surface area contributed by atoms with Crippen LogP contribution in [0.5, 0.6) is 0 Å². The summed E-state index contributed by atoms with van der Waals surface area (Å²) in [5.74, 6) is -0.512. The Kier molecular flexibility index (Phi) is 6.96. The lowest BCUT2D eigenvalue weighted by molar-refractivity contribution is -0.152. The Bertz CT molecular complexity index is 165. The van der Waals surface area contributed by atoms with Crippen molar-refractivity contribution in [2.75, 3.05) is 13.2 Å². The molecule has 0 bridgehead atoms. The van der Waals surface area contributed by atoms with Gasteiger partial charge in [-0.15, -0.1) is 0 Å². The molecule has 0 aromatic heterocycles. The summed E-state index contributed by atoms with van der Waals surface area (Å²) in [6.07, 6.45) is 1.54. The van der Waals surface area contributed by atoms with Gasteiger partial charge < -0.3 is 9.47 Å². The van der Waals surface area contributed by atoms with Crippen LogP contribution in [0.2, 0.25) is 0 Å². The van der Waals surface area contributed by atoms with Crippen molar-refractivity contribution in [3.05, 3.63) is 0 Å². The van der Waals surface area contributed by atoms with E-state index < -0.39 is 0 Å². The first-order valence-corrected chi connectivity index (χ1v) is 4.52. The van der Waals surface area contributed by atoms with Crippen LogP contribution in [0.4, 0.5) is 0 Å². The molecule has 0 fully saturated rings. The van der Waals surface area contributed by atoms with Gasteiger partial charge in [-0.25, -0.2) is 0 Å². The highest BCUT2D eigenvalue weighted by Gasteiger charge is 2.01. The number of hydrogen-bond acceptors (Lipinski definition) is 4. The van der Waals surface area contributed by atoms with Gasteiger partial charge in [0.05, 0.1) is 0 Å². The molecule has 0 unspecified atom stereocenters. The third kappa shape index (κ3) is 7.31. The van der Waals surface area contributed by atoms with Gasteiger partial charge in [-0.05, 0) is 6.42 Å². The zero-order valence-electron chi connectivity index (χ0n) is 8.17. The highest BCUT2D eigenvalue weighted by molar-refractivity contribution is 5.69. The molecule has 4 nitrogen and oxygen atoms in total. The Hall–Kier alpha value is -1.06. The van der Waals surface area contributed by atoms with Gasteiger partial charge in [-0.1, -0.05) is 13.8 Å². The first-order chi connectivity index (χ1) is 6.20. The highest BCUT2D eigenvalue weighted by atomic mass is 16.6. The van der Waals surface area contributed by atoms with Crippen molar-refractivity contribution in [2.24, 2.45) is 0 Å². The summed E-state index contributed by atoms with van der Waals surface area (Å²) in [7, 11) is 0. The fraction of sp³-hybridized carbons (Fsp3) is 0.778. The molecule has 0 amide bonds. The molecule has 0 aliphatic carbocycles. The summed E-state index contributed by atoms with van der Waals surface area (Å²) < 4.78 is 9.46. The molecule has 0 radical (unpaired) electrons. The lowest BCUT2D eigenvalue weighted by Gasteiger charge is -2.04. The maximum absolute atomic E-state index is 10.8. The van der Waals surface area contributed by atoms with E-state index in [0.29, 0.717) is 12.8 Å². The number of carbonyl (C=O) groups is 2. The molecule has 13 heavy (non-hydrogen) atoms. The Morgan fingerprint density at radius 1 is 1.00 bits per heavy atom. The van der Waals surface area contributed by atoms with Crippen molar-refractivity contribution < 1.29 is 19.1 Å². The van der Waals surface area contributed by atoms with Gasteiger partial charge in [-0.3, -0.25) is 9.59 Å². The van der Waals surface area contributed by atoms with E-state index in [9.17, 15) is 9.59 Å². The molecule has 0 aromatic rings. The van der Waals surface area contributed by atoms with Crippen molar-refractivity contribution in [3.8, 4) is 0 Å². The molecular formula is C9H16O4. The predicted octanol–water partition coefficient (Wildman–Crippen LogP) is 1.28. The summed E-state index contributed by atoms with van der Waals surface area (Å²) in [5, 5.41) is 0. The Labute approximate surface area is 78.2 Å². The minimum absolute atomic E-state index is 0.155. The topological polar surface area (TPSA) is 52.6 Å². The lowest BCUT2D eigenvalue weighted by atomic mass is 10.3. The van der Waals surface area contributed by atoms with E-state index in [1.165, 1.54) is 0 Å². The van der Waals surface area contributed by atoms with Crippen LogP contribution < -0.4 is 0 Å². The van der Waals surface area contributed by atoms with Crippen LogP contribution in [-0.4, -0.2) is 25.2 Å². The molecule has 0 rings (SSSR count). The minimum atomic E-state index is -0.272. The Morgan fingerprint density at radius 3 is 2.00 bits per heavy atom. The second kappa shape index (κ2) is 7.58. The molecule has 0 spiro atoms. The monoisotopic (exact) mass is 188 g/mol. The molecule has 0 heterocycles. The van der Waals surface area contributed by atoms with E-state index >= 15 is 0 Å². The highest BCUT2D eigenvalue weighted by Crippen LogP contribution is 1.91. The lowest BCUT2D eigenvalue weighted by Crippen LogP contribution is -2.12. The van der Waals surface area contributed by atoms with Crippen LogP contribution in [0.15, 0.2) is 0 Å². The quantitative estimate of drug-likeness (QED) is 0.465. The zero-order chi connectivity index (χ0) is 10.1. The molecule has 0 N–H and O–H groups in total. The molecule has 0 saturated carbocycles. The molecular weight excluding hydrogens is 172 g/mol. The maximum atomic E-state index is 10.8. The van der Waals surface area contributed by atoms with Crippen molar-refractivity contribution in [2.45, 2.75) is 33.1 Å². The van der Waals surface area contributed by atoms with E-state index in [-0.39, 0.29) is 25.2 Å². The van der Waals surface area contributed by atoms with Gasteiger partial charge in [0.25, 0.3) is 0 Å². The summed E-state index contributed by atoms with van der Waals surface area (Å²) >= 11 is 0. The molecule has 0 aromatic carbocycles. The number of hydrogen-bond donors (Lipinski definition) is 0. The Morgan fingerprint density at radius 2 is 1.54 bits per heavy atom. The molecule has 4 heteroatoms. The van der Waals surface area contributed by atoms with Gasteiger partial charge in [0, 0.05) is 12.8 Å². The SMILES string of the molecule is CCCC(=O)OCCOC(=O)CC. The van der Waals surface area contributed by atoms with Crippen LogP contribution >= 0.6 is 0 Å². The fourth-order valence-corrected chi connectivity index (χ4v) is 0.689. The molecule has 0 aliphatic rings. The standard InChI is InChI=1S/C9H16O4/c1-3-5-9(11)13-7-6-12-8(10)4-2/h3-7H2,1-2H3. The Balaban J connectivity index is 3.25. The van der Waals surface area contributed by atoms with E-state index in [4.69, 9.17) is 9.47 Å². The second-order valence-electron chi connectivity index (χ2n) is 2.54. The van der Waals surface area contributed by atoms with Crippen LogP contribution in [-0.2, 0) is 19.1 Å². The van der Waals surface area contributed by atoms with Crippen molar-refractivity contribution in [1.82, 2.24) is 0 Å². The third-order valence-electron chi connectivity index (χ3n) is 1.35. The summed E-state index contributed by atoms with van der Waals surface area (Å²) in [6, 6.07) is 0. The summed E-state index contributed by atoms with van der Waals surface area (Å²) in [5.41, 5.74) is 0. The largest absolute Gasteiger partial charge is 0.462 e. The third-order valence-corrected chi connectivity index (χ3v) is 1.35. The van der Waals surface area contributed by atoms with Crippen LogP contribution in [0, 0.1) is 0 Å². The number of ether oxygens (including phenoxy) is 2. The molecule has 76 valence electrons. The zero-order valence-corrected chi connectivity index (χ0v) is 8.17. The molecule has 0 atom stereocenters. The normalized spacial score (nSPS) is 9.38. The second-order valence-corrected chi connectivity index (χ2v) is 2.54. The van der Waals surface area contributed by atoms with Crippen LogP contribution in [0.1, 0.15) is 33.1 Å². The van der Waals surface area contributed by atoms with Crippen LogP contribution in [0.25, 0.3) is 0 Å².